The smallest absolute Gasteiger partial charge is 0.0719 e. The van der Waals surface area contributed by atoms with Gasteiger partial charge in [0.25, 0.3) is 0 Å². The van der Waals surface area contributed by atoms with Gasteiger partial charge in [0.15, 0.2) is 0 Å². The fourth-order valence-corrected chi connectivity index (χ4v) is 0.167. The Labute approximate surface area is 56.4 Å². The van der Waals surface area contributed by atoms with Gasteiger partial charge in [-0.1, -0.05) is 13.5 Å². The molecule has 0 aromatic rings. The average Bonchev–Trinajstić information content (AvgIpc) is 1.88. The van der Waals surface area contributed by atoms with E-state index in [1.807, 2.05) is 6.92 Å². The van der Waals surface area contributed by atoms with Crippen LogP contribution < -0.4 is 11.5 Å². The minimum absolute atomic E-state index is 0.213. The quantitative estimate of drug-likeness (QED) is 0.475. The van der Waals surface area contributed by atoms with Gasteiger partial charge in [0, 0.05) is 12.6 Å². The molecule has 0 aliphatic carbocycles. The van der Waals surface area contributed by atoms with Crippen LogP contribution in [0.15, 0.2) is 12.8 Å². The highest BCUT2D eigenvalue weighted by Gasteiger charge is 1.88. The zero-order valence-electron chi connectivity index (χ0n) is 5.88. The molecular formula is C6H16N2O. The monoisotopic (exact) mass is 132 g/mol. The van der Waals surface area contributed by atoms with Crippen molar-refractivity contribution in [2.75, 3.05) is 6.54 Å². The Bertz CT molecular complexity index is 53.0. The van der Waals surface area contributed by atoms with Crippen LogP contribution in [0.3, 0.4) is 0 Å². The Morgan fingerprint density at radius 2 is 2.11 bits per heavy atom. The Kier molecular flexibility index (Phi) is 13.1. The van der Waals surface area contributed by atoms with Crippen molar-refractivity contribution in [1.29, 1.82) is 0 Å². The Hall–Kier alpha value is -0.540. The van der Waals surface area contributed by atoms with Gasteiger partial charge in [-0.3, -0.25) is 0 Å². The molecule has 0 aliphatic rings. The first-order chi connectivity index (χ1) is 4.22. The van der Waals surface area contributed by atoms with Gasteiger partial charge in [-0.15, -0.1) is 0 Å². The van der Waals surface area contributed by atoms with Crippen molar-refractivity contribution < 1.29 is 5.11 Å². The summed E-state index contributed by atoms with van der Waals surface area (Å²) in [5, 5.41) is 7.33. The predicted octanol–water partition coefficient (Wildman–Crippen LogP) is 0.370. The molecule has 3 heteroatoms. The van der Waals surface area contributed by atoms with Gasteiger partial charge in [0.2, 0.25) is 0 Å². The Morgan fingerprint density at radius 3 is 2.11 bits per heavy atom. The van der Waals surface area contributed by atoms with E-state index in [4.69, 9.17) is 16.6 Å². The van der Waals surface area contributed by atoms with Gasteiger partial charge in [0.05, 0.1) is 6.26 Å². The van der Waals surface area contributed by atoms with Crippen molar-refractivity contribution in [3.8, 4) is 0 Å². The molecule has 0 saturated heterocycles. The van der Waals surface area contributed by atoms with Gasteiger partial charge in [-0.05, 0) is 6.42 Å². The first kappa shape index (κ1) is 11.3. The zero-order valence-corrected chi connectivity index (χ0v) is 5.88. The second-order valence-electron chi connectivity index (χ2n) is 1.59. The van der Waals surface area contributed by atoms with Crippen molar-refractivity contribution >= 4 is 0 Å². The molecule has 1 atom stereocenters. The number of hydrogen-bond donors (Lipinski definition) is 3. The fourth-order valence-electron chi connectivity index (χ4n) is 0.167. The van der Waals surface area contributed by atoms with E-state index in [0.29, 0.717) is 6.54 Å². The molecule has 5 N–H and O–H groups in total. The highest BCUT2D eigenvalue weighted by Crippen LogP contribution is 1.77. The molecule has 0 aromatic heterocycles. The lowest BCUT2D eigenvalue weighted by molar-refractivity contribution is 0.476. The summed E-state index contributed by atoms with van der Waals surface area (Å²) in [6.07, 6.45) is 1.73. The van der Waals surface area contributed by atoms with Crippen molar-refractivity contribution in [1.82, 2.24) is 0 Å². The van der Waals surface area contributed by atoms with E-state index < -0.39 is 0 Å². The predicted molar refractivity (Wildman–Crippen MR) is 40.1 cm³/mol. The second-order valence-corrected chi connectivity index (χ2v) is 1.59. The molecule has 0 radical (unpaired) electrons. The number of rotatable bonds is 2. The van der Waals surface area contributed by atoms with Gasteiger partial charge in [0.1, 0.15) is 0 Å². The van der Waals surface area contributed by atoms with Crippen LogP contribution in [0.1, 0.15) is 13.3 Å². The first-order valence-corrected chi connectivity index (χ1v) is 2.93. The largest absolute Gasteiger partial charge is 0.516 e. The molecule has 3 nitrogen and oxygen atoms in total. The highest BCUT2D eigenvalue weighted by molar-refractivity contribution is 4.55. The summed E-state index contributed by atoms with van der Waals surface area (Å²) >= 11 is 0. The van der Waals surface area contributed by atoms with Crippen molar-refractivity contribution in [2.24, 2.45) is 11.5 Å². The van der Waals surface area contributed by atoms with Crippen LogP contribution in [0.5, 0.6) is 0 Å². The third-order valence-electron chi connectivity index (χ3n) is 0.827. The van der Waals surface area contributed by atoms with Gasteiger partial charge < -0.3 is 16.6 Å². The van der Waals surface area contributed by atoms with Crippen LogP contribution in [0, 0.1) is 0 Å². The number of aliphatic hydroxyl groups is 1. The van der Waals surface area contributed by atoms with Gasteiger partial charge in [-0.25, -0.2) is 0 Å². The van der Waals surface area contributed by atoms with E-state index in [0.717, 1.165) is 12.7 Å². The maximum atomic E-state index is 7.33. The van der Waals surface area contributed by atoms with E-state index in [2.05, 4.69) is 6.58 Å². The van der Waals surface area contributed by atoms with E-state index >= 15 is 0 Å². The van der Waals surface area contributed by atoms with Crippen molar-refractivity contribution in [2.45, 2.75) is 19.4 Å². The van der Waals surface area contributed by atoms with E-state index in [1.165, 1.54) is 0 Å². The number of aliphatic hydroxyl groups excluding tert-OH is 1. The van der Waals surface area contributed by atoms with Crippen LogP contribution in [-0.2, 0) is 0 Å². The summed E-state index contributed by atoms with van der Waals surface area (Å²) in [6.45, 7) is 5.55. The van der Waals surface area contributed by atoms with Crippen molar-refractivity contribution in [3.63, 3.8) is 0 Å². The van der Waals surface area contributed by atoms with Crippen LogP contribution in [-0.4, -0.2) is 17.7 Å². The van der Waals surface area contributed by atoms with Crippen LogP contribution in [0.4, 0.5) is 0 Å². The van der Waals surface area contributed by atoms with E-state index in [1.54, 1.807) is 0 Å². The average molecular weight is 132 g/mol. The molecule has 0 bridgehead atoms. The van der Waals surface area contributed by atoms with Crippen LogP contribution >= 0.6 is 0 Å². The third kappa shape index (κ3) is 18.6. The number of hydrogen-bond acceptors (Lipinski definition) is 3. The SMILES string of the molecule is C=CO.CCC(N)CN. The molecule has 0 rings (SSSR count). The van der Waals surface area contributed by atoms with Crippen molar-refractivity contribution in [3.05, 3.63) is 12.8 Å². The van der Waals surface area contributed by atoms with Crippen LogP contribution in [0.25, 0.3) is 0 Å². The minimum atomic E-state index is 0.213. The maximum Gasteiger partial charge on any atom is 0.0719 e. The summed E-state index contributed by atoms with van der Waals surface area (Å²) in [5.41, 5.74) is 10.5. The standard InChI is InChI=1S/C4H12N2.C2H4O/c1-2-4(6)3-5;1-2-3/h4H,2-3,5-6H2,1H3;2-3H,1H2. The molecule has 56 valence electrons. The summed E-state index contributed by atoms with van der Waals surface area (Å²) in [7, 11) is 0. The molecule has 0 amide bonds. The topological polar surface area (TPSA) is 72.3 Å². The molecule has 9 heavy (non-hydrogen) atoms. The Balaban J connectivity index is 0. The summed E-state index contributed by atoms with van der Waals surface area (Å²) in [5.74, 6) is 0. The molecule has 0 spiro atoms. The summed E-state index contributed by atoms with van der Waals surface area (Å²) < 4.78 is 0. The molecule has 1 unspecified atom stereocenters. The fraction of sp³-hybridized carbons (Fsp3) is 0.667. The van der Waals surface area contributed by atoms with Crippen LogP contribution in [0.2, 0.25) is 0 Å². The normalized spacial score (nSPS) is 11.0. The lowest BCUT2D eigenvalue weighted by Gasteiger charge is -1.99. The highest BCUT2D eigenvalue weighted by atomic mass is 16.2. The second kappa shape index (κ2) is 10.4. The first-order valence-electron chi connectivity index (χ1n) is 2.93. The lowest BCUT2D eigenvalue weighted by atomic mass is 10.2. The summed E-state index contributed by atoms with van der Waals surface area (Å²) in [4.78, 5) is 0. The lowest BCUT2D eigenvalue weighted by Crippen LogP contribution is -2.28. The number of nitrogens with two attached hydrogens (primary N) is 2. The molecule has 0 saturated carbocycles. The van der Waals surface area contributed by atoms with E-state index in [9.17, 15) is 0 Å². The van der Waals surface area contributed by atoms with Gasteiger partial charge >= 0.3 is 0 Å². The Morgan fingerprint density at radius 1 is 1.78 bits per heavy atom. The molecule has 0 fully saturated rings. The zero-order chi connectivity index (χ0) is 7.70. The minimum Gasteiger partial charge on any atom is -0.516 e. The molecule has 0 heterocycles. The molecular weight excluding hydrogens is 116 g/mol. The molecule has 0 aliphatic heterocycles. The summed E-state index contributed by atoms with van der Waals surface area (Å²) in [6, 6.07) is 0.213. The van der Waals surface area contributed by atoms with E-state index in [-0.39, 0.29) is 6.04 Å². The van der Waals surface area contributed by atoms with Gasteiger partial charge in [-0.2, -0.15) is 0 Å². The third-order valence-corrected chi connectivity index (χ3v) is 0.827. The molecule has 0 aromatic carbocycles. The maximum absolute atomic E-state index is 7.33.